The van der Waals surface area contributed by atoms with Crippen LogP contribution in [0.25, 0.3) is 5.83 Å². The van der Waals surface area contributed by atoms with E-state index in [2.05, 4.69) is 4.74 Å². The molecule has 4 nitrogen and oxygen atoms in total. The Morgan fingerprint density at radius 1 is 1.04 bits per heavy atom. The fraction of sp³-hybridized carbons (Fsp3) is 0.412. The van der Waals surface area contributed by atoms with E-state index in [0.29, 0.717) is 6.42 Å². The normalized spacial score (nSPS) is 12.4. The van der Waals surface area contributed by atoms with Crippen molar-refractivity contribution < 1.29 is 27.8 Å². The van der Waals surface area contributed by atoms with E-state index in [1.807, 2.05) is 6.92 Å². The number of hydrogen-bond donors (Lipinski definition) is 0. The minimum atomic E-state index is -1.61. The molecule has 0 aliphatic carbocycles. The predicted octanol–water partition coefficient (Wildman–Crippen LogP) is 3.82. The maximum absolute atomic E-state index is 13.7. The second-order valence-electron chi connectivity index (χ2n) is 5.50. The Kier molecular flexibility index (Phi) is 6.88. The molecule has 0 fully saturated rings. The first-order chi connectivity index (χ1) is 10.8. The SMILES string of the molecule is CCC(C)(C)C(=O)OCCOC(=O)/C(F)=C(\F)c1ccccc1. The molecule has 6 heteroatoms. The molecule has 0 spiro atoms. The number of ether oxygens (including phenoxy) is 2. The smallest absolute Gasteiger partial charge is 0.370 e. The molecule has 0 bridgehead atoms. The first-order valence-corrected chi connectivity index (χ1v) is 7.24. The molecule has 0 aromatic heterocycles. The molecule has 0 N–H and O–H groups in total. The first-order valence-electron chi connectivity index (χ1n) is 7.24. The summed E-state index contributed by atoms with van der Waals surface area (Å²) in [4.78, 5) is 23.1. The fourth-order valence-corrected chi connectivity index (χ4v) is 1.47. The van der Waals surface area contributed by atoms with Gasteiger partial charge < -0.3 is 9.47 Å². The Balaban J connectivity index is 2.50. The number of halogens is 2. The van der Waals surface area contributed by atoms with Crippen molar-refractivity contribution in [2.45, 2.75) is 27.2 Å². The summed E-state index contributed by atoms with van der Waals surface area (Å²) in [5, 5.41) is 0. The van der Waals surface area contributed by atoms with Gasteiger partial charge in [0.2, 0.25) is 5.83 Å². The number of benzene rings is 1. The van der Waals surface area contributed by atoms with E-state index in [4.69, 9.17) is 4.74 Å². The highest BCUT2D eigenvalue weighted by molar-refractivity contribution is 5.93. The second kappa shape index (κ2) is 8.41. The summed E-state index contributed by atoms with van der Waals surface area (Å²) in [7, 11) is 0. The molecule has 1 aromatic carbocycles. The third-order valence-electron chi connectivity index (χ3n) is 3.39. The zero-order chi connectivity index (χ0) is 17.5. The minimum Gasteiger partial charge on any atom is -0.462 e. The Bertz CT molecular complexity index is 580. The second-order valence-corrected chi connectivity index (χ2v) is 5.50. The zero-order valence-corrected chi connectivity index (χ0v) is 13.4. The fourth-order valence-electron chi connectivity index (χ4n) is 1.47. The first kappa shape index (κ1) is 18.8. The van der Waals surface area contributed by atoms with Crippen LogP contribution in [0.15, 0.2) is 36.2 Å². The van der Waals surface area contributed by atoms with Gasteiger partial charge in [0.15, 0.2) is 5.83 Å². The van der Waals surface area contributed by atoms with E-state index in [0.717, 1.165) is 0 Å². The van der Waals surface area contributed by atoms with Gasteiger partial charge in [-0.05, 0) is 20.3 Å². The van der Waals surface area contributed by atoms with Crippen molar-refractivity contribution in [2.75, 3.05) is 13.2 Å². The number of carbonyl (C=O) groups excluding carboxylic acids is 2. The average Bonchev–Trinajstić information content (AvgIpc) is 2.57. The van der Waals surface area contributed by atoms with Crippen LogP contribution in [-0.4, -0.2) is 25.2 Å². The summed E-state index contributed by atoms with van der Waals surface area (Å²) >= 11 is 0. The maximum atomic E-state index is 13.7. The van der Waals surface area contributed by atoms with Crippen LogP contribution in [0.2, 0.25) is 0 Å². The summed E-state index contributed by atoms with van der Waals surface area (Å²) in [5.41, 5.74) is -0.702. The lowest BCUT2D eigenvalue weighted by Crippen LogP contribution is -2.27. The van der Waals surface area contributed by atoms with Crippen LogP contribution in [0.4, 0.5) is 8.78 Å². The van der Waals surface area contributed by atoms with Crippen LogP contribution in [-0.2, 0) is 19.1 Å². The van der Waals surface area contributed by atoms with Crippen molar-refractivity contribution >= 4 is 17.8 Å². The molecular weight excluding hydrogens is 306 g/mol. The van der Waals surface area contributed by atoms with E-state index in [-0.39, 0.29) is 18.8 Å². The van der Waals surface area contributed by atoms with Gasteiger partial charge in [0.25, 0.3) is 0 Å². The number of rotatable bonds is 7. The van der Waals surface area contributed by atoms with E-state index < -0.39 is 29.0 Å². The van der Waals surface area contributed by atoms with E-state index in [1.54, 1.807) is 19.9 Å². The zero-order valence-electron chi connectivity index (χ0n) is 13.4. The maximum Gasteiger partial charge on any atom is 0.370 e. The molecule has 1 rings (SSSR count). The van der Waals surface area contributed by atoms with Gasteiger partial charge in [0, 0.05) is 5.56 Å². The Hall–Kier alpha value is -2.24. The third-order valence-corrected chi connectivity index (χ3v) is 3.39. The summed E-state index contributed by atoms with van der Waals surface area (Å²) in [5.74, 6) is -4.78. The average molecular weight is 326 g/mol. The van der Waals surface area contributed by atoms with Gasteiger partial charge in [0.1, 0.15) is 13.2 Å². The molecule has 0 aliphatic rings. The van der Waals surface area contributed by atoms with Gasteiger partial charge >= 0.3 is 11.9 Å². The van der Waals surface area contributed by atoms with Crippen molar-refractivity contribution in [1.82, 2.24) is 0 Å². The van der Waals surface area contributed by atoms with E-state index in [1.165, 1.54) is 24.3 Å². The highest BCUT2D eigenvalue weighted by Gasteiger charge is 2.27. The van der Waals surface area contributed by atoms with Gasteiger partial charge in [-0.3, -0.25) is 4.79 Å². The molecule has 0 atom stereocenters. The number of carbonyl (C=O) groups is 2. The lowest BCUT2D eigenvalue weighted by molar-refractivity contribution is -0.158. The monoisotopic (exact) mass is 326 g/mol. The summed E-state index contributed by atoms with van der Waals surface area (Å²) < 4.78 is 36.8. The number of hydrogen-bond acceptors (Lipinski definition) is 4. The van der Waals surface area contributed by atoms with Crippen molar-refractivity contribution in [2.24, 2.45) is 5.41 Å². The topological polar surface area (TPSA) is 52.6 Å². The lowest BCUT2D eigenvalue weighted by Gasteiger charge is -2.20. The van der Waals surface area contributed by atoms with Crippen LogP contribution < -0.4 is 0 Å². The highest BCUT2D eigenvalue weighted by Crippen LogP contribution is 2.22. The van der Waals surface area contributed by atoms with Crippen molar-refractivity contribution in [3.8, 4) is 0 Å². The van der Waals surface area contributed by atoms with Gasteiger partial charge in [-0.1, -0.05) is 37.3 Å². The van der Waals surface area contributed by atoms with Gasteiger partial charge in [0.05, 0.1) is 5.41 Å². The molecule has 0 saturated heterocycles. The molecule has 0 saturated carbocycles. The van der Waals surface area contributed by atoms with E-state index >= 15 is 0 Å². The summed E-state index contributed by atoms with van der Waals surface area (Å²) in [6.07, 6.45) is 0.589. The Morgan fingerprint density at radius 3 is 2.17 bits per heavy atom. The van der Waals surface area contributed by atoms with Crippen molar-refractivity contribution in [1.29, 1.82) is 0 Å². The third kappa shape index (κ3) is 5.47. The molecule has 0 unspecified atom stereocenters. The lowest BCUT2D eigenvalue weighted by atomic mass is 9.91. The van der Waals surface area contributed by atoms with Crippen molar-refractivity contribution in [3.63, 3.8) is 0 Å². The molecular formula is C17H20F2O4. The van der Waals surface area contributed by atoms with Gasteiger partial charge in [-0.15, -0.1) is 0 Å². The quantitative estimate of drug-likeness (QED) is 0.434. The van der Waals surface area contributed by atoms with Crippen molar-refractivity contribution in [3.05, 3.63) is 41.7 Å². The summed E-state index contributed by atoms with van der Waals surface area (Å²) in [6.45, 7) is 4.72. The molecule has 0 radical (unpaired) electrons. The van der Waals surface area contributed by atoms with Gasteiger partial charge in [-0.25, -0.2) is 9.18 Å². The Labute approximate surface area is 134 Å². The molecule has 0 amide bonds. The van der Waals surface area contributed by atoms with Crippen LogP contribution >= 0.6 is 0 Å². The van der Waals surface area contributed by atoms with Crippen LogP contribution in [0.1, 0.15) is 32.8 Å². The van der Waals surface area contributed by atoms with Crippen LogP contribution in [0, 0.1) is 5.41 Å². The molecule has 23 heavy (non-hydrogen) atoms. The van der Waals surface area contributed by atoms with Crippen LogP contribution in [0.5, 0.6) is 0 Å². The standard InChI is InChI=1S/C17H20F2O4/c1-4-17(2,3)16(21)23-11-10-22-15(20)14(19)13(18)12-8-6-5-7-9-12/h5-9H,4,10-11H2,1-3H3/b14-13+. The molecule has 0 heterocycles. The highest BCUT2D eigenvalue weighted by atomic mass is 19.2. The van der Waals surface area contributed by atoms with Gasteiger partial charge in [-0.2, -0.15) is 4.39 Å². The largest absolute Gasteiger partial charge is 0.462 e. The Morgan fingerprint density at radius 2 is 1.61 bits per heavy atom. The van der Waals surface area contributed by atoms with Crippen LogP contribution in [0.3, 0.4) is 0 Å². The van der Waals surface area contributed by atoms with E-state index in [9.17, 15) is 18.4 Å². The molecule has 0 aliphatic heterocycles. The number of esters is 2. The molecule has 126 valence electrons. The summed E-state index contributed by atoms with van der Waals surface area (Å²) in [6, 6.07) is 7.33. The predicted molar refractivity (Wildman–Crippen MR) is 81.6 cm³/mol. The molecule has 1 aromatic rings. The minimum absolute atomic E-state index is 0.0573.